The van der Waals surface area contributed by atoms with Crippen LogP contribution in [0.2, 0.25) is 0 Å². The first-order valence-corrected chi connectivity index (χ1v) is 5.68. The van der Waals surface area contributed by atoms with Gasteiger partial charge in [0.2, 0.25) is 0 Å². The molecular weight excluding hydrogens is 264 g/mol. The average Bonchev–Trinajstić information content (AvgIpc) is 2.95. The van der Waals surface area contributed by atoms with E-state index in [0.717, 1.165) is 12.8 Å². The van der Waals surface area contributed by atoms with E-state index in [0.29, 0.717) is 5.56 Å². The van der Waals surface area contributed by atoms with Crippen molar-refractivity contribution in [3.8, 4) is 0 Å². The Bertz CT molecular complexity index is 400. The molecule has 15 heavy (non-hydrogen) atoms. The highest BCUT2D eigenvalue weighted by atomic mass is 79.9. The molecule has 1 saturated carbocycles. The second kappa shape index (κ2) is 3.52. The molecule has 4 heteroatoms. The molecule has 0 radical (unpaired) electrons. The molecule has 1 fully saturated rings. The minimum absolute atomic E-state index is 0.0908. The van der Waals surface area contributed by atoms with Gasteiger partial charge in [0, 0.05) is 11.5 Å². The van der Waals surface area contributed by atoms with Crippen molar-refractivity contribution in [2.75, 3.05) is 0 Å². The van der Waals surface area contributed by atoms with E-state index < -0.39 is 11.6 Å². The van der Waals surface area contributed by atoms with Crippen molar-refractivity contribution < 1.29 is 8.78 Å². The van der Waals surface area contributed by atoms with Crippen molar-refractivity contribution in [2.45, 2.75) is 31.2 Å². The molecule has 0 saturated heterocycles. The summed E-state index contributed by atoms with van der Waals surface area (Å²) in [4.78, 5) is 0. The van der Waals surface area contributed by atoms with E-state index in [4.69, 9.17) is 5.73 Å². The molecule has 1 nitrogen and oxygen atoms in total. The Hall–Kier alpha value is -0.480. The number of benzene rings is 1. The van der Waals surface area contributed by atoms with Crippen molar-refractivity contribution >= 4 is 15.9 Å². The van der Waals surface area contributed by atoms with Crippen LogP contribution in [0.1, 0.15) is 25.3 Å². The van der Waals surface area contributed by atoms with Gasteiger partial charge in [0.1, 0.15) is 11.6 Å². The van der Waals surface area contributed by atoms with Gasteiger partial charge in [-0.15, -0.1) is 0 Å². The molecule has 0 aromatic heterocycles. The quantitative estimate of drug-likeness (QED) is 0.825. The van der Waals surface area contributed by atoms with Crippen LogP contribution < -0.4 is 5.73 Å². The van der Waals surface area contributed by atoms with Crippen LogP contribution in [0.15, 0.2) is 16.6 Å². The fourth-order valence-corrected chi connectivity index (χ4v) is 2.36. The fourth-order valence-electron chi connectivity index (χ4n) is 2.02. The van der Waals surface area contributed by atoms with Gasteiger partial charge in [-0.25, -0.2) is 8.78 Å². The molecule has 1 atom stereocenters. The third-order valence-electron chi connectivity index (χ3n) is 3.23. The van der Waals surface area contributed by atoms with Gasteiger partial charge in [-0.1, -0.05) is 6.07 Å². The molecule has 82 valence electrons. The van der Waals surface area contributed by atoms with Gasteiger partial charge < -0.3 is 5.73 Å². The molecule has 0 spiro atoms. The molecule has 2 rings (SSSR count). The highest BCUT2D eigenvalue weighted by molar-refractivity contribution is 9.10. The molecular formula is C11H12BrF2N. The van der Waals surface area contributed by atoms with E-state index in [1.54, 1.807) is 0 Å². The van der Waals surface area contributed by atoms with Gasteiger partial charge in [0.15, 0.2) is 0 Å². The number of nitrogens with two attached hydrogens (primary N) is 1. The summed E-state index contributed by atoms with van der Waals surface area (Å²) in [7, 11) is 0. The fraction of sp³-hybridized carbons (Fsp3) is 0.455. The molecule has 0 amide bonds. The van der Waals surface area contributed by atoms with Gasteiger partial charge in [-0.05, 0) is 47.3 Å². The highest BCUT2D eigenvalue weighted by Crippen LogP contribution is 2.51. The van der Waals surface area contributed by atoms with Crippen LogP contribution in [-0.4, -0.2) is 6.04 Å². The maximum atomic E-state index is 13.8. The lowest BCUT2D eigenvalue weighted by atomic mass is 9.89. The maximum absolute atomic E-state index is 13.8. The van der Waals surface area contributed by atoms with Crippen molar-refractivity contribution in [2.24, 2.45) is 5.73 Å². The van der Waals surface area contributed by atoms with Crippen molar-refractivity contribution in [1.29, 1.82) is 0 Å². The minimum atomic E-state index is -0.572. The Morgan fingerprint density at radius 2 is 2.00 bits per heavy atom. The number of rotatable bonds is 2. The van der Waals surface area contributed by atoms with E-state index >= 15 is 0 Å². The van der Waals surface area contributed by atoms with Crippen LogP contribution in [0.4, 0.5) is 8.78 Å². The minimum Gasteiger partial charge on any atom is -0.327 e. The Morgan fingerprint density at radius 3 is 2.47 bits per heavy atom. The molecule has 0 bridgehead atoms. The first-order chi connectivity index (χ1) is 6.99. The summed E-state index contributed by atoms with van der Waals surface area (Å²) in [5, 5.41) is 0. The first kappa shape index (κ1) is 11.0. The summed E-state index contributed by atoms with van der Waals surface area (Å²) in [6.07, 6.45) is 1.75. The predicted molar refractivity (Wildman–Crippen MR) is 58.6 cm³/mol. The van der Waals surface area contributed by atoms with Gasteiger partial charge in [-0.3, -0.25) is 0 Å². The third-order valence-corrected chi connectivity index (χ3v) is 3.96. The summed E-state index contributed by atoms with van der Waals surface area (Å²) in [6.45, 7) is 1.86. The van der Waals surface area contributed by atoms with Gasteiger partial charge in [0.05, 0.1) is 4.47 Å². The van der Waals surface area contributed by atoms with Crippen LogP contribution in [0.5, 0.6) is 0 Å². The average molecular weight is 276 g/mol. The SMILES string of the molecule is CC(N)C1(c2ccc(F)c(Br)c2F)CC1. The smallest absolute Gasteiger partial charge is 0.144 e. The normalized spacial score (nSPS) is 20.1. The summed E-state index contributed by atoms with van der Waals surface area (Å²) in [5.41, 5.74) is 6.10. The highest BCUT2D eigenvalue weighted by Gasteiger charge is 2.49. The van der Waals surface area contributed by atoms with E-state index in [1.807, 2.05) is 6.92 Å². The lowest BCUT2D eigenvalue weighted by Gasteiger charge is -2.21. The lowest BCUT2D eigenvalue weighted by molar-refractivity contribution is 0.498. The Labute approximate surface area is 95.8 Å². The summed E-state index contributed by atoms with van der Waals surface area (Å²) in [5.74, 6) is -1.08. The van der Waals surface area contributed by atoms with Crippen LogP contribution >= 0.6 is 15.9 Å². The van der Waals surface area contributed by atoms with E-state index in [-0.39, 0.29) is 15.9 Å². The second-order valence-electron chi connectivity index (χ2n) is 4.17. The maximum Gasteiger partial charge on any atom is 0.144 e. The number of hydrogen-bond acceptors (Lipinski definition) is 1. The van der Waals surface area contributed by atoms with Gasteiger partial charge in [-0.2, -0.15) is 0 Å². The Morgan fingerprint density at radius 1 is 1.40 bits per heavy atom. The zero-order valence-electron chi connectivity index (χ0n) is 8.36. The van der Waals surface area contributed by atoms with Crippen molar-refractivity contribution in [3.63, 3.8) is 0 Å². The predicted octanol–water partition coefficient (Wildman–Crippen LogP) is 3.11. The Kier molecular flexibility index (Phi) is 2.59. The van der Waals surface area contributed by atoms with E-state index in [1.165, 1.54) is 12.1 Å². The molecule has 2 N–H and O–H groups in total. The number of halogens is 3. The molecule has 1 unspecified atom stereocenters. The Balaban J connectivity index is 2.51. The molecule has 1 aromatic carbocycles. The topological polar surface area (TPSA) is 26.0 Å². The molecule has 1 aliphatic rings. The third kappa shape index (κ3) is 1.60. The van der Waals surface area contributed by atoms with Crippen molar-refractivity contribution in [1.82, 2.24) is 0 Å². The van der Waals surface area contributed by atoms with E-state index in [9.17, 15) is 8.78 Å². The molecule has 0 heterocycles. The van der Waals surface area contributed by atoms with Crippen LogP contribution in [-0.2, 0) is 5.41 Å². The monoisotopic (exact) mass is 275 g/mol. The lowest BCUT2D eigenvalue weighted by Crippen LogP contribution is -2.32. The zero-order chi connectivity index (χ0) is 11.2. The summed E-state index contributed by atoms with van der Waals surface area (Å²) < 4.78 is 26.8. The van der Waals surface area contributed by atoms with Gasteiger partial charge >= 0.3 is 0 Å². The van der Waals surface area contributed by atoms with E-state index in [2.05, 4.69) is 15.9 Å². The molecule has 1 aliphatic carbocycles. The second-order valence-corrected chi connectivity index (χ2v) is 4.96. The largest absolute Gasteiger partial charge is 0.327 e. The summed E-state index contributed by atoms with van der Waals surface area (Å²) >= 11 is 2.91. The first-order valence-electron chi connectivity index (χ1n) is 4.88. The molecule has 1 aromatic rings. The molecule has 0 aliphatic heterocycles. The van der Waals surface area contributed by atoms with Crippen LogP contribution in [0.3, 0.4) is 0 Å². The van der Waals surface area contributed by atoms with Crippen LogP contribution in [0, 0.1) is 11.6 Å². The zero-order valence-corrected chi connectivity index (χ0v) is 9.94. The van der Waals surface area contributed by atoms with Crippen molar-refractivity contribution in [3.05, 3.63) is 33.8 Å². The number of hydrogen-bond donors (Lipinski definition) is 1. The summed E-state index contributed by atoms with van der Waals surface area (Å²) in [6, 6.07) is 2.68. The standard InChI is InChI=1S/C11H12BrF2N/c1-6(15)11(4-5-11)7-2-3-8(13)9(12)10(7)14/h2-3,6H,4-5,15H2,1H3. The van der Waals surface area contributed by atoms with Crippen LogP contribution in [0.25, 0.3) is 0 Å². The van der Waals surface area contributed by atoms with Gasteiger partial charge in [0.25, 0.3) is 0 Å².